The molecule has 112 valence electrons. The number of hydrogen-bond acceptors (Lipinski definition) is 4. The summed E-state index contributed by atoms with van der Waals surface area (Å²) in [6.07, 6.45) is 2.30. The molecule has 1 atom stereocenters. The van der Waals surface area contributed by atoms with Gasteiger partial charge < -0.3 is 11.1 Å². The quantitative estimate of drug-likeness (QED) is 0.721. The molecule has 0 saturated heterocycles. The lowest BCUT2D eigenvalue weighted by Gasteiger charge is -2.33. The Morgan fingerprint density at radius 1 is 1.50 bits per heavy atom. The fraction of sp³-hybridized carbons (Fsp3) is 0.600. The zero-order chi connectivity index (χ0) is 15.0. The van der Waals surface area contributed by atoms with E-state index >= 15 is 0 Å². The summed E-state index contributed by atoms with van der Waals surface area (Å²) in [6.45, 7) is 6.60. The molecular weight excluding hydrogens is 270 g/mol. The summed E-state index contributed by atoms with van der Waals surface area (Å²) in [5.74, 6) is 2.02. The largest absolute Gasteiger partial charge is 0.349 e. The van der Waals surface area contributed by atoms with Crippen LogP contribution in [-0.4, -0.2) is 28.7 Å². The van der Waals surface area contributed by atoms with Crippen LogP contribution in [0, 0.1) is 5.92 Å². The van der Waals surface area contributed by atoms with E-state index < -0.39 is 0 Å². The highest BCUT2D eigenvalue weighted by Gasteiger charge is 2.28. The molecule has 1 rings (SSSR count). The van der Waals surface area contributed by atoms with Gasteiger partial charge in [-0.15, -0.1) is 0 Å². The number of nitrogens with one attached hydrogen (secondary N) is 1. The highest BCUT2D eigenvalue weighted by atomic mass is 32.2. The average Bonchev–Trinajstić information content (AvgIpc) is 2.44. The smallest absolute Gasteiger partial charge is 0.221 e. The van der Waals surface area contributed by atoms with Crippen molar-refractivity contribution in [3.05, 3.63) is 30.1 Å². The second-order valence-corrected chi connectivity index (χ2v) is 6.55. The van der Waals surface area contributed by atoms with E-state index in [-0.39, 0.29) is 11.4 Å². The van der Waals surface area contributed by atoms with Crippen LogP contribution in [0.3, 0.4) is 0 Å². The SMILES string of the molecule is CC(C)C(C)(CN)NC(=O)CCSCc1ccccn1. The number of carbonyl (C=O) groups is 1. The number of rotatable bonds is 8. The van der Waals surface area contributed by atoms with Crippen LogP contribution in [0.1, 0.15) is 32.9 Å². The highest BCUT2D eigenvalue weighted by molar-refractivity contribution is 7.98. The van der Waals surface area contributed by atoms with Crippen molar-refractivity contribution in [1.29, 1.82) is 0 Å². The van der Waals surface area contributed by atoms with Gasteiger partial charge in [-0.05, 0) is 25.0 Å². The number of amides is 1. The third-order valence-corrected chi connectivity index (χ3v) is 4.57. The summed E-state index contributed by atoms with van der Waals surface area (Å²) in [5, 5.41) is 3.05. The Labute approximate surface area is 125 Å². The summed E-state index contributed by atoms with van der Waals surface area (Å²) in [7, 11) is 0. The van der Waals surface area contributed by atoms with Gasteiger partial charge in [0.1, 0.15) is 0 Å². The molecule has 0 radical (unpaired) electrons. The summed E-state index contributed by atoms with van der Waals surface area (Å²) in [4.78, 5) is 16.2. The van der Waals surface area contributed by atoms with Crippen LogP contribution in [0.5, 0.6) is 0 Å². The normalized spacial score (nSPS) is 14.1. The van der Waals surface area contributed by atoms with E-state index in [0.29, 0.717) is 18.9 Å². The molecule has 0 fully saturated rings. The molecule has 0 aliphatic heterocycles. The van der Waals surface area contributed by atoms with E-state index in [0.717, 1.165) is 17.2 Å². The van der Waals surface area contributed by atoms with Crippen molar-refractivity contribution in [3.8, 4) is 0 Å². The Kier molecular flexibility index (Phi) is 7.02. The van der Waals surface area contributed by atoms with E-state index in [4.69, 9.17) is 5.73 Å². The molecule has 1 heterocycles. The maximum absolute atomic E-state index is 11.9. The van der Waals surface area contributed by atoms with Crippen LogP contribution in [0.15, 0.2) is 24.4 Å². The van der Waals surface area contributed by atoms with Gasteiger partial charge in [0.2, 0.25) is 5.91 Å². The molecule has 1 unspecified atom stereocenters. The predicted molar refractivity (Wildman–Crippen MR) is 85.5 cm³/mol. The maximum Gasteiger partial charge on any atom is 0.221 e. The lowest BCUT2D eigenvalue weighted by atomic mass is 9.88. The minimum atomic E-state index is -0.317. The third-order valence-electron chi connectivity index (χ3n) is 3.57. The van der Waals surface area contributed by atoms with Crippen LogP contribution in [0.4, 0.5) is 0 Å². The number of carbonyl (C=O) groups excluding carboxylic acids is 1. The molecule has 0 aliphatic carbocycles. The monoisotopic (exact) mass is 295 g/mol. The first kappa shape index (κ1) is 17.0. The average molecular weight is 295 g/mol. The number of nitrogens with two attached hydrogens (primary N) is 1. The minimum absolute atomic E-state index is 0.0696. The summed E-state index contributed by atoms with van der Waals surface area (Å²) in [6, 6.07) is 5.88. The van der Waals surface area contributed by atoms with Crippen LogP contribution >= 0.6 is 11.8 Å². The topological polar surface area (TPSA) is 68.0 Å². The zero-order valence-electron chi connectivity index (χ0n) is 12.6. The molecular formula is C15H25N3OS. The molecule has 0 aromatic carbocycles. The van der Waals surface area contributed by atoms with Crippen molar-refractivity contribution in [1.82, 2.24) is 10.3 Å². The molecule has 0 saturated carbocycles. The Morgan fingerprint density at radius 2 is 2.25 bits per heavy atom. The van der Waals surface area contributed by atoms with Gasteiger partial charge in [-0.25, -0.2) is 0 Å². The van der Waals surface area contributed by atoms with Gasteiger partial charge in [0.25, 0.3) is 0 Å². The summed E-state index contributed by atoms with van der Waals surface area (Å²) >= 11 is 1.72. The van der Waals surface area contributed by atoms with E-state index in [1.54, 1.807) is 18.0 Å². The lowest BCUT2D eigenvalue weighted by molar-refractivity contribution is -0.122. The molecule has 3 N–H and O–H groups in total. The highest BCUT2D eigenvalue weighted by Crippen LogP contribution is 2.16. The Hall–Kier alpha value is -1.07. The standard InChI is InChI=1S/C15H25N3OS/c1-12(2)15(3,11-16)18-14(19)7-9-20-10-13-6-4-5-8-17-13/h4-6,8,12H,7,9-11,16H2,1-3H3,(H,18,19). The molecule has 0 aliphatic rings. The van der Waals surface area contributed by atoms with E-state index in [1.165, 1.54) is 0 Å². The van der Waals surface area contributed by atoms with Crippen LogP contribution in [-0.2, 0) is 10.5 Å². The van der Waals surface area contributed by atoms with E-state index in [1.807, 2.05) is 25.1 Å². The summed E-state index contributed by atoms with van der Waals surface area (Å²) in [5.41, 5.74) is 6.49. The molecule has 4 nitrogen and oxygen atoms in total. The number of thioether (sulfide) groups is 1. The first-order chi connectivity index (χ1) is 9.48. The Bertz CT molecular complexity index is 411. The maximum atomic E-state index is 11.9. The molecule has 20 heavy (non-hydrogen) atoms. The number of nitrogens with zero attached hydrogens (tertiary/aromatic N) is 1. The van der Waals surface area contributed by atoms with Crippen molar-refractivity contribution in [3.63, 3.8) is 0 Å². The van der Waals surface area contributed by atoms with E-state index in [9.17, 15) is 4.79 Å². The van der Waals surface area contributed by atoms with Gasteiger partial charge in [-0.2, -0.15) is 11.8 Å². The Morgan fingerprint density at radius 3 is 2.80 bits per heavy atom. The van der Waals surface area contributed by atoms with Crippen molar-refractivity contribution >= 4 is 17.7 Å². The van der Waals surface area contributed by atoms with Crippen molar-refractivity contribution in [2.45, 2.75) is 38.5 Å². The number of pyridine rings is 1. The van der Waals surface area contributed by atoms with Crippen molar-refractivity contribution in [2.75, 3.05) is 12.3 Å². The van der Waals surface area contributed by atoms with Crippen LogP contribution < -0.4 is 11.1 Å². The zero-order valence-corrected chi connectivity index (χ0v) is 13.4. The fourth-order valence-corrected chi connectivity index (χ4v) is 2.49. The molecule has 5 heteroatoms. The van der Waals surface area contributed by atoms with Crippen LogP contribution in [0.2, 0.25) is 0 Å². The second-order valence-electron chi connectivity index (χ2n) is 5.45. The van der Waals surface area contributed by atoms with Crippen molar-refractivity contribution in [2.24, 2.45) is 11.7 Å². The third kappa shape index (κ3) is 5.51. The molecule has 1 amide bonds. The Balaban J connectivity index is 2.27. The summed E-state index contributed by atoms with van der Waals surface area (Å²) < 4.78 is 0. The molecule has 0 bridgehead atoms. The van der Waals surface area contributed by atoms with Crippen LogP contribution in [0.25, 0.3) is 0 Å². The molecule has 0 spiro atoms. The molecule has 1 aromatic rings. The van der Waals surface area contributed by atoms with E-state index in [2.05, 4.69) is 24.1 Å². The number of aromatic nitrogens is 1. The lowest BCUT2D eigenvalue weighted by Crippen LogP contribution is -2.55. The first-order valence-corrected chi connectivity index (χ1v) is 8.12. The number of hydrogen-bond donors (Lipinski definition) is 2. The first-order valence-electron chi connectivity index (χ1n) is 6.96. The van der Waals surface area contributed by atoms with Gasteiger partial charge in [0.15, 0.2) is 0 Å². The van der Waals surface area contributed by atoms with Crippen molar-refractivity contribution < 1.29 is 4.79 Å². The fourth-order valence-electron chi connectivity index (χ4n) is 1.64. The van der Waals surface area contributed by atoms with Gasteiger partial charge in [-0.1, -0.05) is 19.9 Å². The minimum Gasteiger partial charge on any atom is -0.349 e. The molecule has 1 aromatic heterocycles. The van der Waals surface area contributed by atoms with Gasteiger partial charge in [-0.3, -0.25) is 9.78 Å². The predicted octanol–water partition coefficient (Wildman–Crippen LogP) is 2.19. The van der Waals surface area contributed by atoms with Gasteiger partial charge in [0.05, 0.1) is 11.2 Å². The second kappa shape index (κ2) is 8.27. The van der Waals surface area contributed by atoms with Gasteiger partial charge in [0, 0.05) is 30.7 Å². The van der Waals surface area contributed by atoms with Gasteiger partial charge >= 0.3 is 0 Å².